The molecule has 0 saturated carbocycles. The highest BCUT2D eigenvalue weighted by Gasteiger charge is 2.04. The quantitative estimate of drug-likeness (QED) is 0.525. The average molecular weight is 129 g/mol. The first-order valence-electron chi connectivity index (χ1n) is 2.43. The van der Waals surface area contributed by atoms with Gasteiger partial charge >= 0.3 is 0 Å². The van der Waals surface area contributed by atoms with Crippen molar-refractivity contribution in [2.24, 2.45) is 0 Å². The first kappa shape index (κ1) is 5.70. The van der Waals surface area contributed by atoms with Crippen LogP contribution < -0.4 is 5.32 Å². The third kappa shape index (κ3) is 1.04. The molecule has 0 aromatic heterocycles. The first-order chi connectivity index (χ1) is 3.80. The molecule has 0 bridgehead atoms. The van der Waals surface area contributed by atoms with Gasteiger partial charge in [-0.15, -0.1) is 0 Å². The highest BCUT2D eigenvalue weighted by atomic mass is 35.5. The van der Waals surface area contributed by atoms with Gasteiger partial charge in [-0.3, -0.25) is 0 Å². The molecule has 1 aliphatic heterocycles. The molecule has 1 aliphatic rings. The molecule has 0 amide bonds. The van der Waals surface area contributed by atoms with Crippen LogP contribution in [0.15, 0.2) is 23.4 Å². The Morgan fingerprint density at radius 2 is 2.38 bits per heavy atom. The van der Waals surface area contributed by atoms with Crippen LogP contribution in [0.2, 0.25) is 0 Å². The Hall–Kier alpha value is -0.430. The number of hydrogen-bond acceptors (Lipinski definition) is 1. The fourth-order valence-electron chi connectivity index (χ4n) is 0.500. The van der Waals surface area contributed by atoms with E-state index in [2.05, 4.69) is 5.32 Å². The first-order valence-corrected chi connectivity index (χ1v) is 2.81. The monoisotopic (exact) mass is 128 g/mol. The van der Waals surface area contributed by atoms with E-state index in [4.69, 9.17) is 11.6 Å². The zero-order valence-corrected chi connectivity index (χ0v) is 5.37. The Kier molecular flexibility index (Phi) is 1.59. The Morgan fingerprint density at radius 1 is 1.62 bits per heavy atom. The summed E-state index contributed by atoms with van der Waals surface area (Å²) in [5, 5.41) is 3.75. The van der Waals surface area contributed by atoms with Gasteiger partial charge in [0.25, 0.3) is 0 Å². The van der Waals surface area contributed by atoms with Crippen molar-refractivity contribution in [3.63, 3.8) is 0 Å². The Balaban J connectivity index is 2.66. The van der Waals surface area contributed by atoms with Crippen molar-refractivity contribution in [3.05, 3.63) is 29.4 Å². The number of dihydropyridines is 1. The minimum Gasteiger partial charge on any atom is -0.378 e. The van der Waals surface area contributed by atoms with E-state index >= 15 is 0 Å². The Bertz CT molecular complexity index is 137. The Labute approximate surface area is 54.0 Å². The van der Waals surface area contributed by atoms with Gasteiger partial charge in [0.15, 0.2) is 0 Å². The largest absolute Gasteiger partial charge is 0.378 e. The van der Waals surface area contributed by atoms with Crippen molar-refractivity contribution in [1.82, 2.24) is 5.32 Å². The van der Waals surface area contributed by atoms with Crippen molar-refractivity contribution < 1.29 is 0 Å². The molecule has 0 aromatic carbocycles. The van der Waals surface area contributed by atoms with Gasteiger partial charge in [0.05, 0.1) is 6.04 Å². The van der Waals surface area contributed by atoms with E-state index in [1.807, 2.05) is 25.3 Å². The van der Waals surface area contributed by atoms with Crippen LogP contribution in [0.4, 0.5) is 0 Å². The summed E-state index contributed by atoms with van der Waals surface area (Å²) >= 11 is 5.68. The molecule has 0 spiro atoms. The average Bonchev–Trinajstić information content (AvgIpc) is 1.77. The SMILES string of the molecule is C[C]1NC=CC=C1Cl. The van der Waals surface area contributed by atoms with Gasteiger partial charge < -0.3 is 5.32 Å². The van der Waals surface area contributed by atoms with Gasteiger partial charge in [-0.25, -0.2) is 0 Å². The molecular weight excluding hydrogens is 122 g/mol. The minimum absolute atomic E-state index is 0.785. The highest BCUT2D eigenvalue weighted by Crippen LogP contribution is 2.16. The van der Waals surface area contributed by atoms with E-state index in [0.29, 0.717) is 0 Å². The summed E-state index contributed by atoms with van der Waals surface area (Å²) in [6.45, 7) is 1.93. The fraction of sp³-hybridized carbons (Fsp3) is 0.167. The van der Waals surface area contributed by atoms with Crippen LogP contribution in [0.5, 0.6) is 0 Å². The molecular formula is C6H7ClN. The third-order valence-electron chi connectivity index (χ3n) is 0.997. The van der Waals surface area contributed by atoms with E-state index in [0.717, 1.165) is 11.1 Å². The van der Waals surface area contributed by atoms with E-state index in [1.54, 1.807) is 0 Å². The van der Waals surface area contributed by atoms with Crippen molar-refractivity contribution in [3.8, 4) is 0 Å². The fourth-order valence-corrected chi connectivity index (χ4v) is 0.627. The molecule has 1 heterocycles. The molecule has 8 heavy (non-hydrogen) atoms. The smallest absolute Gasteiger partial charge is 0.0978 e. The molecule has 0 fully saturated rings. The van der Waals surface area contributed by atoms with Crippen molar-refractivity contribution in [1.29, 1.82) is 0 Å². The number of nitrogens with one attached hydrogen (secondary N) is 1. The second-order valence-corrected chi connectivity index (χ2v) is 2.05. The second kappa shape index (κ2) is 2.23. The van der Waals surface area contributed by atoms with E-state index in [1.165, 1.54) is 0 Å². The van der Waals surface area contributed by atoms with Gasteiger partial charge in [0.2, 0.25) is 0 Å². The van der Waals surface area contributed by atoms with Crippen molar-refractivity contribution >= 4 is 11.6 Å². The minimum atomic E-state index is 0.785. The van der Waals surface area contributed by atoms with Crippen molar-refractivity contribution in [2.45, 2.75) is 6.92 Å². The van der Waals surface area contributed by atoms with Crippen LogP contribution in [-0.4, -0.2) is 0 Å². The lowest BCUT2D eigenvalue weighted by atomic mass is 10.2. The maximum absolute atomic E-state index is 5.68. The van der Waals surface area contributed by atoms with Crippen LogP contribution in [0, 0.1) is 6.04 Å². The number of hydrogen-bond donors (Lipinski definition) is 1. The van der Waals surface area contributed by atoms with Crippen LogP contribution >= 0.6 is 11.6 Å². The molecule has 0 aromatic rings. The number of halogens is 1. The zero-order chi connectivity index (χ0) is 5.98. The summed E-state index contributed by atoms with van der Waals surface area (Å²) in [4.78, 5) is 0. The predicted molar refractivity (Wildman–Crippen MR) is 35.1 cm³/mol. The lowest BCUT2D eigenvalue weighted by Gasteiger charge is -2.11. The summed E-state index contributed by atoms with van der Waals surface area (Å²) in [6, 6.07) is 1.01. The summed E-state index contributed by atoms with van der Waals surface area (Å²) < 4.78 is 0. The molecule has 0 unspecified atom stereocenters. The van der Waals surface area contributed by atoms with E-state index in [-0.39, 0.29) is 0 Å². The maximum atomic E-state index is 5.68. The number of rotatable bonds is 0. The highest BCUT2D eigenvalue weighted by molar-refractivity contribution is 6.31. The molecule has 2 heteroatoms. The van der Waals surface area contributed by atoms with Crippen LogP contribution in [-0.2, 0) is 0 Å². The predicted octanol–water partition coefficient (Wildman–Crippen LogP) is 1.78. The molecule has 1 nitrogen and oxygen atoms in total. The lowest BCUT2D eigenvalue weighted by molar-refractivity contribution is 0.916. The van der Waals surface area contributed by atoms with Crippen molar-refractivity contribution in [2.75, 3.05) is 0 Å². The maximum Gasteiger partial charge on any atom is 0.0978 e. The van der Waals surface area contributed by atoms with Gasteiger partial charge in [0, 0.05) is 5.03 Å². The summed E-state index contributed by atoms with van der Waals surface area (Å²) in [6.07, 6.45) is 5.57. The number of allylic oxidation sites excluding steroid dienone is 2. The summed E-state index contributed by atoms with van der Waals surface area (Å²) in [5.74, 6) is 0. The van der Waals surface area contributed by atoms with E-state index < -0.39 is 0 Å². The summed E-state index contributed by atoms with van der Waals surface area (Å²) in [7, 11) is 0. The standard InChI is InChI=1S/C6H7ClN/c1-5-6(7)3-2-4-8-5/h2-4,8H,1H3. The third-order valence-corrected chi connectivity index (χ3v) is 1.41. The van der Waals surface area contributed by atoms with Gasteiger partial charge in [-0.05, 0) is 25.3 Å². The van der Waals surface area contributed by atoms with Crippen LogP contribution in [0.1, 0.15) is 6.92 Å². The molecule has 1 radical (unpaired) electrons. The van der Waals surface area contributed by atoms with Gasteiger partial charge in [0.1, 0.15) is 0 Å². The van der Waals surface area contributed by atoms with Gasteiger partial charge in [-0.1, -0.05) is 11.6 Å². The topological polar surface area (TPSA) is 12.0 Å². The lowest BCUT2D eigenvalue weighted by Crippen LogP contribution is -2.13. The molecule has 0 aliphatic carbocycles. The normalized spacial score (nSPS) is 20.0. The van der Waals surface area contributed by atoms with Crippen LogP contribution in [0.3, 0.4) is 0 Å². The molecule has 43 valence electrons. The summed E-state index contributed by atoms with van der Waals surface area (Å²) in [5.41, 5.74) is 0. The van der Waals surface area contributed by atoms with Crippen LogP contribution in [0.25, 0.3) is 0 Å². The molecule has 1 N–H and O–H groups in total. The second-order valence-electron chi connectivity index (χ2n) is 1.64. The Morgan fingerprint density at radius 3 is 2.75 bits per heavy atom. The molecule has 1 rings (SSSR count). The zero-order valence-electron chi connectivity index (χ0n) is 4.61. The molecule has 0 saturated heterocycles. The van der Waals surface area contributed by atoms with E-state index in [9.17, 15) is 0 Å². The molecule has 0 atom stereocenters. The van der Waals surface area contributed by atoms with Gasteiger partial charge in [-0.2, -0.15) is 0 Å².